The van der Waals surface area contributed by atoms with Gasteiger partial charge < -0.3 is 14.6 Å². The van der Waals surface area contributed by atoms with E-state index in [1.54, 1.807) is 0 Å². The van der Waals surface area contributed by atoms with E-state index < -0.39 is 0 Å². The Morgan fingerprint density at radius 2 is 2.29 bits per heavy atom. The summed E-state index contributed by atoms with van der Waals surface area (Å²) in [4.78, 5) is 4.55. The van der Waals surface area contributed by atoms with Crippen molar-refractivity contribution in [3.63, 3.8) is 0 Å². The predicted octanol–water partition coefficient (Wildman–Crippen LogP) is 2.57. The van der Waals surface area contributed by atoms with Gasteiger partial charge in [0, 0.05) is 24.7 Å². The molecule has 2 atom stereocenters. The average molecular weight is 305 g/mol. The van der Waals surface area contributed by atoms with E-state index in [1.807, 2.05) is 49.0 Å². The third-order valence-corrected chi connectivity index (χ3v) is 4.41. The number of rotatable bonds is 5. The van der Waals surface area contributed by atoms with Gasteiger partial charge in [0.2, 0.25) is 11.7 Å². The maximum atomic E-state index is 5.80. The lowest BCUT2D eigenvalue weighted by Crippen LogP contribution is -2.30. The van der Waals surface area contributed by atoms with Crippen LogP contribution in [-0.2, 0) is 4.74 Å². The smallest absolute Gasteiger partial charge is 0.244 e. The van der Waals surface area contributed by atoms with Gasteiger partial charge in [-0.2, -0.15) is 16.7 Å². The first-order valence-electron chi connectivity index (χ1n) is 7.19. The largest absolute Gasteiger partial charge is 0.366 e. The molecule has 1 fully saturated rings. The SMILES string of the molecule is CCOC(c1ccccc1)c1noc(C2CSCCN2)n1. The van der Waals surface area contributed by atoms with Crippen LogP contribution in [0.5, 0.6) is 0 Å². The van der Waals surface area contributed by atoms with Crippen LogP contribution in [0, 0.1) is 0 Å². The summed E-state index contributed by atoms with van der Waals surface area (Å²) in [7, 11) is 0. The van der Waals surface area contributed by atoms with Gasteiger partial charge in [-0.1, -0.05) is 35.5 Å². The van der Waals surface area contributed by atoms with Gasteiger partial charge in [-0.25, -0.2) is 0 Å². The number of ether oxygens (including phenoxy) is 1. The summed E-state index contributed by atoms with van der Waals surface area (Å²) in [5.74, 6) is 3.34. The van der Waals surface area contributed by atoms with Crippen LogP contribution in [-0.4, -0.2) is 34.8 Å². The maximum Gasteiger partial charge on any atom is 0.244 e. The number of hydrogen-bond donors (Lipinski definition) is 1. The van der Waals surface area contributed by atoms with Gasteiger partial charge in [0.15, 0.2) is 0 Å². The number of thioether (sulfide) groups is 1. The standard InChI is InChI=1S/C15H19N3O2S/c1-2-19-13(11-6-4-3-5-7-11)14-17-15(20-18-14)12-10-21-9-8-16-12/h3-7,12-13,16H,2,8-10H2,1H3. The van der Waals surface area contributed by atoms with Gasteiger partial charge >= 0.3 is 0 Å². The molecule has 3 rings (SSSR count). The van der Waals surface area contributed by atoms with E-state index in [-0.39, 0.29) is 12.1 Å². The summed E-state index contributed by atoms with van der Waals surface area (Å²) in [6.07, 6.45) is -0.273. The summed E-state index contributed by atoms with van der Waals surface area (Å²) >= 11 is 1.90. The molecule has 112 valence electrons. The van der Waals surface area contributed by atoms with Gasteiger partial charge in [-0.3, -0.25) is 0 Å². The number of nitrogens with one attached hydrogen (secondary N) is 1. The summed E-state index contributed by atoms with van der Waals surface area (Å²) in [6, 6.07) is 10.1. The molecule has 1 aromatic carbocycles. The minimum atomic E-state index is -0.273. The third-order valence-electron chi connectivity index (χ3n) is 3.35. The Balaban J connectivity index is 1.81. The maximum absolute atomic E-state index is 5.80. The van der Waals surface area contributed by atoms with E-state index >= 15 is 0 Å². The highest BCUT2D eigenvalue weighted by atomic mass is 32.2. The van der Waals surface area contributed by atoms with Crippen molar-refractivity contribution in [2.24, 2.45) is 0 Å². The monoisotopic (exact) mass is 305 g/mol. The van der Waals surface area contributed by atoms with Crippen LogP contribution >= 0.6 is 11.8 Å². The molecule has 0 amide bonds. The Bertz CT molecular complexity index is 555. The van der Waals surface area contributed by atoms with Crippen molar-refractivity contribution in [3.05, 3.63) is 47.6 Å². The molecule has 2 aromatic rings. The zero-order chi connectivity index (χ0) is 14.5. The quantitative estimate of drug-likeness (QED) is 0.916. The van der Waals surface area contributed by atoms with Crippen LogP contribution in [0.3, 0.4) is 0 Å². The molecule has 1 aliphatic heterocycles. The third kappa shape index (κ3) is 3.45. The van der Waals surface area contributed by atoms with Crippen molar-refractivity contribution in [1.29, 1.82) is 0 Å². The molecule has 1 aliphatic rings. The Kier molecular flexibility index (Phi) is 4.90. The second-order valence-electron chi connectivity index (χ2n) is 4.82. The Labute approximate surface area is 128 Å². The average Bonchev–Trinajstić information content (AvgIpc) is 3.04. The van der Waals surface area contributed by atoms with E-state index in [0.29, 0.717) is 18.3 Å². The highest BCUT2D eigenvalue weighted by Crippen LogP contribution is 2.26. The summed E-state index contributed by atoms with van der Waals surface area (Å²) < 4.78 is 11.2. The zero-order valence-corrected chi connectivity index (χ0v) is 12.8. The Morgan fingerprint density at radius 3 is 3.00 bits per heavy atom. The van der Waals surface area contributed by atoms with E-state index in [0.717, 1.165) is 23.6 Å². The van der Waals surface area contributed by atoms with Crippen LogP contribution < -0.4 is 5.32 Å². The van der Waals surface area contributed by atoms with Crippen LogP contribution in [0.15, 0.2) is 34.9 Å². The number of benzene rings is 1. The van der Waals surface area contributed by atoms with Gasteiger partial charge in [0.05, 0.1) is 6.04 Å². The molecule has 5 nitrogen and oxygen atoms in total. The summed E-state index contributed by atoms with van der Waals surface area (Å²) in [5, 5.41) is 7.53. The molecule has 2 heterocycles. The first-order valence-corrected chi connectivity index (χ1v) is 8.35. The fraction of sp³-hybridized carbons (Fsp3) is 0.467. The van der Waals surface area contributed by atoms with Crippen molar-refractivity contribution in [1.82, 2.24) is 15.5 Å². The highest BCUT2D eigenvalue weighted by molar-refractivity contribution is 7.99. The molecule has 0 bridgehead atoms. The molecule has 1 saturated heterocycles. The van der Waals surface area contributed by atoms with Crippen LogP contribution in [0.4, 0.5) is 0 Å². The second-order valence-corrected chi connectivity index (χ2v) is 5.97. The number of hydrogen-bond acceptors (Lipinski definition) is 6. The lowest BCUT2D eigenvalue weighted by atomic mass is 10.1. The van der Waals surface area contributed by atoms with Crippen molar-refractivity contribution in [3.8, 4) is 0 Å². The summed E-state index contributed by atoms with van der Waals surface area (Å²) in [5.41, 5.74) is 1.04. The van der Waals surface area contributed by atoms with E-state index in [4.69, 9.17) is 9.26 Å². The van der Waals surface area contributed by atoms with Gasteiger partial charge in [-0.05, 0) is 12.5 Å². The van der Waals surface area contributed by atoms with E-state index in [1.165, 1.54) is 0 Å². The minimum Gasteiger partial charge on any atom is -0.366 e. The van der Waals surface area contributed by atoms with Crippen molar-refractivity contribution in [2.75, 3.05) is 24.7 Å². The minimum absolute atomic E-state index is 0.142. The highest BCUT2D eigenvalue weighted by Gasteiger charge is 2.25. The molecule has 6 heteroatoms. The predicted molar refractivity (Wildman–Crippen MR) is 82.3 cm³/mol. The Hall–Kier alpha value is -1.37. The molecular formula is C15H19N3O2S. The molecule has 21 heavy (non-hydrogen) atoms. The molecule has 0 saturated carbocycles. The topological polar surface area (TPSA) is 60.2 Å². The molecular weight excluding hydrogens is 286 g/mol. The lowest BCUT2D eigenvalue weighted by Gasteiger charge is -2.19. The van der Waals surface area contributed by atoms with Crippen molar-refractivity contribution >= 4 is 11.8 Å². The molecule has 0 spiro atoms. The Morgan fingerprint density at radius 1 is 1.43 bits per heavy atom. The van der Waals surface area contributed by atoms with Gasteiger partial charge in [0.1, 0.15) is 6.10 Å². The van der Waals surface area contributed by atoms with Gasteiger partial charge in [0.25, 0.3) is 0 Å². The molecule has 1 N–H and O–H groups in total. The van der Waals surface area contributed by atoms with Crippen LogP contribution in [0.25, 0.3) is 0 Å². The van der Waals surface area contributed by atoms with Crippen molar-refractivity contribution < 1.29 is 9.26 Å². The molecule has 1 aromatic heterocycles. The van der Waals surface area contributed by atoms with Gasteiger partial charge in [-0.15, -0.1) is 0 Å². The first kappa shape index (κ1) is 14.6. The molecule has 0 aliphatic carbocycles. The fourth-order valence-corrected chi connectivity index (χ4v) is 3.26. The number of aromatic nitrogens is 2. The second kappa shape index (κ2) is 7.06. The first-order chi connectivity index (χ1) is 10.4. The van der Waals surface area contributed by atoms with Crippen LogP contribution in [0.2, 0.25) is 0 Å². The molecule has 2 unspecified atom stereocenters. The van der Waals surface area contributed by atoms with Crippen molar-refractivity contribution in [2.45, 2.75) is 19.1 Å². The lowest BCUT2D eigenvalue weighted by molar-refractivity contribution is 0.0833. The molecule has 0 radical (unpaired) electrons. The summed E-state index contributed by atoms with van der Waals surface area (Å²) in [6.45, 7) is 3.54. The fourth-order valence-electron chi connectivity index (χ4n) is 2.33. The van der Waals surface area contributed by atoms with Crippen LogP contribution in [0.1, 0.15) is 36.3 Å². The number of nitrogens with zero attached hydrogens (tertiary/aromatic N) is 2. The van der Waals surface area contributed by atoms with E-state index in [9.17, 15) is 0 Å². The zero-order valence-electron chi connectivity index (χ0n) is 12.0. The van der Waals surface area contributed by atoms with E-state index in [2.05, 4.69) is 15.5 Å². The normalized spacial score (nSPS) is 20.3.